The van der Waals surface area contributed by atoms with Gasteiger partial charge in [-0.2, -0.15) is 5.10 Å². The highest BCUT2D eigenvalue weighted by Crippen LogP contribution is 2.31. The number of anilines is 2. The minimum Gasteiger partial charge on any atom is -0.494 e. The molecule has 1 aromatic heterocycles. The summed E-state index contributed by atoms with van der Waals surface area (Å²) in [6.07, 6.45) is 1.69. The van der Waals surface area contributed by atoms with E-state index in [0.717, 1.165) is 37.6 Å². The van der Waals surface area contributed by atoms with Crippen molar-refractivity contribution in [3.8, 4) is 5.75 Å². The minimum absolute atomic E-state index is 0.157. The normalized spacial score (nSPS) is 14.8. The fourth-order valence-corrected chi connectivity index (χ4v) is 3.43. The SMILES string of the molecule is COc1cc(F)ccc1N1CCN(c2cnn(C)c(=O)c2Br)CC1. The number of hydrogen-bond acceptors (Lipinski definition) is 5. The van der Waals surface area contributed by atoms with E-state index in [9.17, 15) is 9.18 Å². The number of benzene rings is 1. The Hall–Kier alpha value is -2.09. The molecule has 2 aromatic rings. The van der Waals surface area contributed by atoms with Crippen LogP contribution < -0.4 is 20.1 Å². The van der Waals surface area contributed by atoms with Crippen molar-refractivity contribution < 1.29 is 9.13 Å². The van der Waals surface area contributed by atoms with Gasteiger partial charge >= 0.3 is 0 Å². The molecule has 0 spiro atoms. The highest BCUT2D eigenvalue weighted by atomic mass is 79.9. The lowest BCUT2D eigenvalue weighted by atomic mass is 10.2. The summed E-state index contributed by atoms with van der Waals surface area (Å²) in [4.78, 5) is 16.3. The predicted octanol–water partition coefficient (Wildman–Crippen LogP) is 2.02. The number of nitrogens with zero attached hydrogens (tertiary/aromatic N) is 4. The number of hydrogen-bond donors (Lipinski definition) is 0. The van der Waals surface area contributed by atoms with Crippen LogP contribution in [0, 0.1) is 5.82 Å². The average Bonchev–Trinajstić information content (AvgIpc) is 2.60. The summed E-state index contributed by atoms with van der Waals surface area (Å²) in [7, 11) is 3.16. The fraction of sp³-hybridized carbons (Fsp3) is 0.375. The maximum atomic E-state index is 13.3. The zero-order valence-corrected chi connectivity index (χ0v) is 15.1. The number of methoxy groups -OCH3 is 1. The number of halogens is 2. The number of ether oxygens (including phenoxy) is 1. The van der Waals surface area contributed by atoms with Crippen molar-refractivity contribution in [2.24, 2.45) is 7.05 Å². The van der Waals surface area contributed by atoms with Crippen molar-refractivity contribution in [1.29, 1.82) is 0 Å². The van der Waals surface area contributed by atoms with Crippen molar-refractivity contribution in [3.63, 3.8) is 0 Å². The molecule has 3 rings (SSSR count). The lowest BCUT2D eigenvalue weighted by molar-refractivity contribution is 0.410. The summed E-state index contributed by atoms with van der Waals surface area (Å²) < 4.78 is 20.5. The van der Waals surface area contributed by atoms with Gasteiger partial charge in [-0.1, -0.05) is 0 Å². The fourth-order valence-electron chi connectivity index (χ4n) is 2.82. The smallest absolute Gasteiger partial charge is 0.282 e. The van der Waals surface area contributed by atoms with Gasteiger partial charge in [-0.3, -0.25) is 4.79 Å². The van der Waals surface area contributed by atoms with Gasteiger partial charge in [0.05, 0.1) is 24.7 Å². The Morgan fingerprint density at radius 3 is 2.42 bits per heavy atom. The van der Waals surface area contributed by atoms with Crippen LogP contribution in [0.1, 0.15) is 0 Å². The van der Waals surface area contributed by atoms with E-state index < -0.39 is 0 Å². The van der Waals surface area contributed by atoms with Crippen LogP contribution in [0.4, 0.5) is 15.8 Å². The summed E-state index contributed by atoms with van der Waals surface area (Å²) in [5, 5.41) is 4.09. The van der Waals surface area contributed by atoms with E-state index in [2.05, 4.69) is 30.8 Å². The lowest BCUT2D eigenvalue weighted by Gasteiger charge is -2.37. The topological polar surface area (TPSA) is 50.6 Å². The van der Waals surface area contributed by atoms with Gasteiger partial charge in [-0.25, -0.2) is 9.07 Å². The standard InChI is InChI=1S/C16H18BrFN4O2/c1-20-16(23)15(17)13(10-19-20)22-7-5-21(6-8-22)12-4-3-11(18)9-14(12)24-2/h3-4,9-10H,5-8H2,1-2H3. The third-order valence-electron chi connectivity index (χ3n) is 4.16. The van der Waals surface area contributed by atoms with Crippen LogP contribution in [0.2, 0.25) is 0 Å². The van der Waals surface area contributed by atoms with E-state index >= 15 is 0 Å². The van der Waals surface area contributed by atoms with Crippen LogP contribution in [0.3, 0.4) is 0 Å². The first kappa shape index (κ1) is 16.8. The molecular formula is C16H18BrFN4O2. The molecule has 1 fully saturated rings. The summed E-state index contributed by atoms with van der Waals surface area (Å²) in [5.74, 6) is 0.212. The van der Waals surface area contributed by atoms with Gasteiger partial charge in [0.25, 0.3) is 5.56 Å². The van der Waals surface area contributed by atoms with E-state index in [1.54, 1.807) is 19.3 Å². The van der Waals surface area contributed by atoms with E-state index in [1.807, 2.05) is 0 Å². The Morgan fingerprint density at radius 1 is 1.17 bits per heavy atom. The van der Waals surface area contributed by atoms with Crippen molar-refractivity contribution in [2.75, 3.05) is 43.1 Å². The quantitative estimate of drug-likeness (QED) is 0.794. The number of piperazine rings is 1. The van der Waals surface area contributed by atoms with Crippen LogP contribution >= 0.6 is 15.9 Å². The molecule has 1 aromatic carbocycles. The zero-order chi connectivity index (χ0) is 17.3. The van der Waals surface area contributed by atoms with Crippen molar-refractivity contribution in [1.82, 2.24) is 9.78 Å². The third kappa shape index (κ3) is 3.10. The number of aryl methyl sites for hydroxylation is 1. The summed E-state index contributed by atoms with van der Waals surface area (Å²) in [5.41, 5.74) is 1.51. The summed E-state index contributed by atoms with van der Waals surface area (Å²) in [6.45, 7) is 2.94. The van der Waals surface area contributed by atoms with E-state index in [1.165, 1.54) is 23.9 Å². The van der Waals surface area contributed by atoms with Crippen LogP contribution in [-0.2, 0) is 7.05 Å². The predicted molar refractivity (Wildman–Crippen MR) is 94.6 cm³/mol. The second-order valence-electron chi connectivity index (χ2n) is 5.56. The van der Waals surface area contributed by atoms with Crippen LogP contribution in [0.5, 0.6) is 5.75 Å². The highest BCUT2D eigenvalue weighted by molar-refractivity contribution is 9.10. The van der Waals surface area contributed by atoms with E-state index in [-0.39, 0.29) is 11.4 Å². The maximum Gasteiger partial charge on any atom is 0.282 e. The van der Waals surface area contributed by atoms with Crippen LogP contribution in [0.25, 0.3) is 0 Å². The van der Waals surface area contributed by atoms with Crippen molar-refractivity contribution >= 4 is 27.3 Å². The first-order valence-electron chi connectivity index (χ1n) is 7.56. The molecule has 0 N–H and O–H groups in total. The van der Waals surface area contributed by atoms with Gasteiger partial charge < -0.3 is 14.5 Å². The van der Waals surface area contributed by atoms with Gasteiger partial charge in [-0.05, 0) is 28.1 Å². The van der Waals surface area contributed by atoms with E-state index in [0.29, 0.717) is 10.2 Å². The first-order chi connectivity index (χ1) is 11.5. The first-order valence-corrected chi connectivity index (χ1v) is 8.36. The monoisotopic (exact) mass is 396 g/mol. The largest absolute Gasteiger partial charge is 0.494 e. The lowest BCUT2D eigenvalue weighted by Crippen LogP contribution is -2.47. The molecule has 0 atom stereocenters. The van der Waals surface area contributed by atoms with Gasteiger partial charge in [0.2, 0.25) is 0 Å². The zero-order valence-electron chi connectivity index (χ0n) is 13.5. The second kappa shape index (κ2) is 6.80. The molecule has 0 unspecified atom stereocenters. The molecular weight excluding hydrogens is 379 g/mol. The molecule has 0 saturated carbocycles. The molecule has 24 heavy (non-hydrogen) atoms. The molecule has 1 aliphatic heterocycles. The molecule has 1 aliphatic rings. The molecule has 6 nitrogen and oxygen atoms in total. The summed E-state index contributed by atoms with van der Waals surface area (Å²) in [6, 6.07) is 4.56. The number of aromatic nitrogens is 2. The van der Waals surface area contributed by atoms with E-state index in [4.69, 9.17) is 4.74 Å². The van der Waals surface area contributed by atoms with Crippen molar-refractivity contribution in [3.05, 3.63) is 45.0 Å². The third-order valence-corrected chi connectivity index (χ3v) is 4.91. The number of rotatable bonds is 3. The molecule has 1 saturated heterocycles. The summed E-state index contributed by atoms with van der Waals surface area (Å²) >= 11 is 3.37. The van der Waals surface area contributed by atoms with Gasteiger partial charge in [-0.15, -0.1) is 0 Å². The molecule has 0 bridgehead atoms. The minimum atomic E-state index is -0.315. The maximum absolute atomic E-state index is 13.3. The van der Waals surface area contributed by atoms with Gasteiger partial charge in [0.15, 0.2) is 0 Å². The average molecular weight is 397 g/mol. The second-order valence-corrected chi connectivity index (χ2v) is 6.36. The Morgan fingerprint density at radius 2 is 1.79 bits per heavy atom. The molecule has 128 valence electrons. The Balaban J connectivity index is 1.77. The Kier molecular flexibility index (Phi) is 4.75. The Bertz CT molecular complexity index is 803. The highest BCUT2D eigenvalue weighted by Gasteiger charge is 2.22. The molecule has 0 aliphatic carbocycles. The molecule has 0 radical (unpaired) electrons. The van der Waals surface area contributed by atoms with Crippen LogP contribution in [-0.4, -0.2) is 43.1 Å². The van der Waals surface area contributed by atoms with Crippen LogP contribution in [0.15, 0.2) is 33.7 Å². The molecule has 0 amide bonds. The van der Waals surface area contributed by atoms with Crippen molar-refractivity contribution in [2.45, 2.75) is 0 Å². The Labute approximate surface area is 147 Å². The van der Waals surface area contributed by atoms with Gasteiger partial charge in [0, 0.05) is 39.3 Å². The molecule has 8 heteroatoms. The molecule has 2 heterocycles. The van der Waals surface area contributed by atoms with Gasteiger partial charge in [0.1, 0.15) is 16.0 Å².